The number of carbonyl (C=O) groups is 1. The Morgan fingerprint density at radius 2 is 2.24 bits per heavy atom. The lowest BCUT2D eigenvalue weighted by molar-refractivity contribution is -0.114. The molecule has 7 heteroatoms. The molecule has 2 heterocycles. The Kier molecular flexibility index (Phi) is 1.91. The Labute approximate surface area is 95.7 Å². The summed E-state index contributed by atoms with van der Waals surface area (Å²) in [6, 6.07) is 5.46. The highest BCUT2D eigenvalue weighted by atomic mass is 16.1. The number of nitrogens with one attached hydrogen (secondary N) is 1. The van der Waals surface area contributed by atoms with Gasteiger partial charge in [0.2, 0.25) is 0 Å². The van der Waals surface area contributed by atoms with E-state index in [1.807, 2.05) is 12.1 Å². The molecule has 1 radical (unpaired) electrons. The minimum Gasteiger partial charge on any atom is -0.364 e. The number of nitrogens with two attached hydrogens (primary N) is 1. The number of carbonyl (C=O) groups excluding carboxylic acids is 1. The second-order valence-corrected chi connectivity index (χ2v) is 3.49. The molecule has 3 N–H and O–H groups in total. The Morgan fingerprint density at radius 3 is 2.94 bits per heavy atom. The molecule has 0 bridgehead atoms. The van der Waals surface area contributed by atoms with Crippen LogP contribution >= 0.6 is 0 Å². The van der Waals surface area contributed by atoms with E-state index in [9.17, 15) is 4.79 Å². The zero-order chi connectivity index (χ0) is 11.8. The molecule has 0 atom stereocenters. The summed E-state index contributed by atoms with van der Waals surface area (Å²) in [7, 11) is 0. The van der Waals surface area contributed by atoms with Gasteiger partial charge < -0.3 is 5.73 Å². The molecule has 3 rings (SSSR count). The third-order valence-electron chi connectivity index (χ3n) is 2.46. The number of fused-ring (bicyclic) bond motifs is 1. The molecular weight excluding hydrogens is 220 g/mol. The van der Waals surface area contributed by atoms with Crippen LogP contribution in [0.25, 0.3) is 17.5 Å². The molecule has 1 aromatic heterocycles. The van der Waals surface area contributed by atoms with Crippen molar-refractivity contribution in [3.63, 3.8) is 0 Å². The fourth-order valence-electron chi connectivity index (χ4n) is 1.71. The summed E-state index contributed by atoms with van der Waals surface area (Å²) in [5.41, 5.74) is 7.70. The van der Waals surface area contributed by atoms with Gasteiger partial charge in [0.1, 0.15) is 5.70 Å². The SMILES string of the molecule is NC(=O)C1=Cc2c(cccc2-c2nnn[nH]2)[N]1. The van der Waals surface area contributed by atoms with Gasteiger partial charge in [0, 0.05) is 11.1 Å². The summed E-state index contributed by atoms with van der Waals surface area (Å²) in [5, 5.41) is 17.7. The number of primary amides is 1. The lowest BCUT2D eigenvalue weighted by atomic mass is 10.1. The summed E-state index contributed by atoms with van der Waals surface area (Å²) in [6.07, 6.45) is 1.63. The van der Waals surface area contributed by atoms with Crippen molar-refractivity contribution in [3.8, 4) is 11.4 Å². The molecule has 0 unspecified atom stereocenters. The van der Waals surface area contributed by atoms with E-state index in [4.69, 9.17) is 5.73 Å². The summed E-state index contributed by atoms with van der Waals surface area (Å²) in [6.45, 7) is 0. The molecule has 0 saturated carbocycles. The van der Waals surface area contributed by atoms with Crippen molar-refractivity contribution >= 4 is 17.7 Å². The van der Waals surface area contributed by atoms with E-state index in [1.165, 1.54) is 0 Å². The van der Waals surface area contributed by atoms with Crippen LogP contribution in [-0.2, 0) is 4.79 Å². The van der Waals surface area contributed by atoms with Crippen LogP contribution in [0.15, 0.2) is 23.9 Å². The van der Waals surface area contributed by atoms with Crippen LogP contribution in [0.4, 0.5) is 5.69 Å². The predicted octanol–water partition coefficient (Wildman–Crippen LogP) is -0.0576. The molecule has 0 spiro atoms. The first-order valence-electron chi connectivity index (χ1n) is 4.86. The van der Waals surface area contributed by atoms with Crippen LogP contribution in [0, 0.1) is 0 Å². The van der Waals surface area contributed by atoms with Crippen LogP contribution in [0.3, 0.4) is 0 Å². The third kappa shape index (κ3) is 1.44. The van der Waals surface area contributed by atoms with Crippen LogP contribution in [0.5, 0.6) is 0 Å². The minimum absolute atomic E-state index is 0.236. The highest BCUT2D eigenvalue weighted by Gasteiger charge is 2.21. The monoisotopic (exact) mass is 227 g/mol. The van der Waals surface area contributed by atoms with Gasteiger partial charge >= 0.3 is 0 Å². The minimum atomic E-state index is -0.553. The summed E-state index contributed by atoms with van der Waals surface area (Å²) >= 11 is 0. The Bertz CT molecular complexity index is 616. The number of nitrogens with zero attached hydrogens (tertiary/aromatic N) is 4. The second kappa shape index (κ2) is 3.41. The van der Waals surface area contributed by atoms with E-state index in [0.29, 0.717) is 11.5 Å². The summed E-state index contributed by atoms with van der Waals surface area (Å²) in [5.74, 6) is -0.0261. The molecule has 83 valence electrons. The number of rotatable bonds is 2. The smallest absolute Gasteiger partial charge is 0.267 e. The number of amides is 1. The average Bonchev–Trinajstić information content (AvgIpc) is 2.97. The van der Waals surface area contributed by atoms with Gasteiger partial charge in [0.25, 0.3) is 5.91 Å². The number of benzene rings is 1. The van der Waals surface area contributed by atoms with E-state index in [0.717, 1.165) is 11.1 Å². The number of hydrogen-bond acceptors (Lipinski definition) is 4. The van der Waals surface area contributed by atoms with Gasteiger partial charge in [-0.3, -0.25) is 4.79 Å². The van der Waals surface area contributed by atoms with Gasteiger partial charge in [-0.2, -0.15) is 0 Å². The van der Waals surface area contributed by atoms with E-state index in [1.54, 1.807) is 12.1 Å². The Hall–Kier alpha value is -2.70. The summed E-state index contributed by atoms with van der Waals surface area (Å²) in [4.78, 5) is 11.1. The predicted molar refractivity (Wildman–Crippen MR) is 58.6 cm³/mol. The maximum absolute atomic E-state index is 11.1. The number of aromatic nitrogens is 4. The van der Waals surface area contributed by atoms with Crippen molar-refractivity contribution < 1.29 is 4.79 Å². The molecule has 7 nitrogen and oxygen atoms in total. The summed E-state index contributed by atoms with van der Waals surface area (Å²) < 4.78 is 0. The van der Waals surface area contributed by atoms with Crippen molar-refractivity contribution in [2.75, 3.05) is 0 Å². The number of H-pyrrole nitrogens is 1. The molecular formula is C10H7N6O. The maximum Gasteiger partial charge on any atom is 0.267 e. The van der Waals surface area contributed by atoms with Crippen LogP contribution in [0.1, 0.15) is 5.56 Å². The third-order valence-corrected chi connectivity index (χ3v) is 2.46. The zero-order valence-electron chi connectivity index (χ0n) is 8.58. The molecule has 0 fully saturated rings. The van der Waals surface area contributed by atoms with Crippen molar-refractivity contribution in [1.82, 2.24) is 25.9 Å². The molecule has 2 aromatic rings. The fraction of sp³-hybridized carbons (Fsp3) is 0. The normalized spacial score (nSPS) is 12.8. The van der Waals surface area contributed by atoms with Gasteiger partial charge in [-0.25, -0.2) is 10.4 Å². The first-order chi connectivity index (χ1) is 8.25. The maximum atomic E-state index is 11.1. The van der Waals surface area contributed by atoms with Crippen molar-refractivity contribution in [2.24, 2.45) is 5.73 Å². The van der Waals surface area contributed by atoms with E-state index in [-0.39, 0.29) is 5.70 Å². The molecule has 1 aliphatic rings. The highest BCUT2D eigenvalue weighted by Crippen LogP contribution is 2.33. The van der Waals surface area contributed by atoms with Gasteiger partial charge in [0.05, 0.1) is 5.69 Å². The largest absolute Gasteiger partial charge is 0.364 e. The van der Waals surface area contributed by atoms with Crippen molar-refractivity contribution in [1.29, 1.82) is 0 Å². The van der Waals surface area contributed by atoms with E-state index < -0.39 is 5.91 Å². The molecule has 0 aliphatic carbocycles. The van der Waals surface area contributed by atoms with Crippen LogP contribution in [0.2, 0.25) is 0 Å². The first kappa shape index (κ1) is 9.52. The Morgan fingerprint density at radius 1 is 1.35 bits per heavy atom. The van der Waals surface area contributed by atoms with Gasteiger partial charge in [-0.1, -0.05) is 12.1 Å². The van der Waals surface area contributed by atoms with Gasteiger partial charge in [0.15, 0.2) is 5.82 Å². The van der Waals surface area contributed by atoms with E-state index >= 15 is 0 Å². The van der Waals surface area contributed by atoms with Crippen molar-refractivity contribution in [3.05, 3.63) is 29.5 Å². The highest BCUT2D eigenvalue weighted by molar-refractivity contribution is 6.02. The van der Waals surface area contributed by atoms with Gasteiger partial charge in [-0.05, 0) is 22.6 Å². The second-order valence-electron chi connectivity index (χ2n) is 3.49. The molecule has 0 saturated heterocycles. The lowest BCUT2D eigenvalue weighted by Gasteiger charge is -2.02. The lowest BCUT2D eigenvalue weighted by Crippen LogP contribution is -2.16. The number of hydrogen-bond donors (Lipinski definition) is 2. The van der Waals surface area contributed by atoms with Gasteiger partial charge in [-0.15, -0.1) is 5.10 Å². The molecule has 1 aromatic carbocycles. The zero-order valence-corrected chi connectivity index (χ0v) is 8.58. The number of aromatic amines is 1. The van der Waals surface area contributed by atoms with E-state index in [2.05, 4.69) is 25.9 Å². The number of tetrazole rings is 1. The van der Waals surface area contributed by atoms with Crippen molar-refractivity contribution in [2.45, 2.75) is 0 Å². The standard InChI is InChI=1S/C10H7N6O/c11-9(17)8-4-6-5(10-13-15-16-14-10)2-1-3-7(6)12-8/h1-4H,(H2,11,17)(H,13,14,15,16). The molecule has 1 aliphatic heterocycles. The topological polar surface area (TPSA) is 112 Å². The Balaban J connectivity index is 2.15. The molecule has 17 heavy (non-hydrogen) atoms. The first-order valence-corrected chi connectivity index (χ1v) is 4.86. The fourth-order valence-corrected chi connectivity index (χ4v) is 1.71. The average molecular weight is 227 g/mol. The molecule has 1 amide bonds. The van der Waals surface area contributed by atoms with Crippen LogP contribution in [-0.4, -0.2) is 26.5 Å². The quantitative estimate of drug-likeness (QED) is 0.748. The van der Waals surface area contributed by atoms with Crippen LogP contribution < -0.4 is 11.1 Å².